The highest BCUT2D eigenvalue weighted by atomic mass is 32.2. The highest BCUT2D eigenvalue weighted by molar-refractivity contribution is 8.00. The summed E-state index contributed by atoms with van der Waals surface area (Å²) >= 11 is 2.19. The molecule has 1 saturated heterocycles. The van der Waals surface area contributed by atoms with Gasteiger partial charge in [0.2, 0.25) is 0 Å². The van der Waals surface area contributed by atoms with Crippen molar-refractivity contribution in [2.24, 2.45) is 0 Å². The summed E-state index contributed by atoms with van der Waals surface area (Å²) in [5, 5.41) is 0.952. The number of hydrogen-bond donors (Lipinski definition) is 0. The van der Waals surface area contributed by atoms with E-state index in [1.807, 2.05) is 0 Å². The van der Waals surface area contributed by atoms with Crippen LogP contribution >= 0.6 is 11.8 Å². The number of rotatable bonds is 0. The predicted molar refractivity (Wildman–Crippen MR) is 60.1 cm³/mol. The first-order valence-corrected chi connectivity index (χ1v) is 6.52. The Hall–Kier alpha value is 0.310. The average molecular weight is 199 g/mol. The molecule has 0 aromatic heterocycles. The quantitative estimate of drug-likeness (QED) is 0.590. The fourth-order valence-corrected chi connectivity index (χ4v) is 4.36. The van der Waals surface area contributed by atoms with E-state index in [9.17, 15) is 0 Å². The standard InChI is InChI=1S/C11H21NS/c1-11(2,3)12-8-13-10-7-5-4-6-9(10)12/h9-10H,4-8H2,1-3H3/t9-,10-/m1/s1. The van der Waals surface area contributed by atoms with E-state index in [0.29, 0.717) is 5.54 Å². The van der Waals surface area contributed by atoms with E-state index in [0.717, 1.165) is 11.3 Å². The molecular weight excluding hydrogens is 178 g/mol. The first-order valence-electron chi connectivity index (χ1n) is 5.47. The van der Waals surface area contributed by atoms with Crippen LogP contribution in [-0.4, -0.2) is 27.6 Å². The van der Waals surface area contributed by atoms with Crippen LogP contribution in [-0.2, 0) is 0 Å². The van der Waals surface area contributed by atoms with E-state index < -0.39 is 0 Å². The van der Waals surface area contributed by atoms with Crippen molar-refractivity contribution in [3.63, 3.8) is 0 Å². The van der Waals surface area contributed by atoms with Gasteiger partial charge >= 0.3 is 0 Å². The molecule has 0 radical (unpaired) electrons. The zero-order valence-corrected chi connectivity index (χ0v) is 9.86. The topological polar surface area (TPSA) is 3.24 Å². The van der Waals surface area contributed by atoms with E-state index in [-0.39, 0.29) is 0 Å². The second kappa shape index (κ2) is 3.47. The summed E-state index contributed by atoms with van der Waals surface area (Å²) in [6.07, 6.45) is 5.82. The molecule has 1 aliphatic carbocycles. The highest BCUT2D eigenvalue weighted by Crippen LogP contribution is 2.41. The molecule has 2 rings (SSSR count). The Balaban J connectivity index is 2.07. The van der Waals surface area contributed by atoms with Crippen molar-refractivity contribution in [3.05, 3.63) is 0 Å². The van der Waals surface area contributed by atoms with Gasteiger partial charge in [0.15, 0.2) is 0 Å². The van der Waals surface area contributed by atoms with Gasteiger partial charge in [-0.1, -0.05) is 12.8 Å². The minimum atomic E-state index is 0.379. The lowest BCUT2D eigenvalue weighted by Gasteiger charge is -2.39. The number of nitrogens with zero attached hydrogens (tertiary/aromatic N) is 1. The van der Waals surface area contributed by atoms with Gasteiger partial charge in [0.1, 0.15) is 0 Å². The van der Waals surface area contributed by atoms with E-state index in [4.69, 9.17) is 0 Å². The largest absolute Gasteiger partial charge is 0.285 e. The lowest BCUT2D eigenvalue weighted by molar-refractivity contribution is 0.101. The van der Waals surface area contributed by atoms with E-state index in [1.165, 1.54) is 31.6 Å². The molecule has 2 heteroatoms. The van der Waals surface area contributed by atoms with Gasteiger partial charge in [-0.05, 0) is 33.6 Å². The predicted octanol–water partition coefficient (Wildman–Crippen LogP) is 3.10. The molecule has 2 fully saturated rings. The van der Waals surface area contributed by atoms with Crippen LogP contribution < -0.4 is 0 Å². The van der Waals surface area contributed by atoms with Crippen LogP contribution in [0.1, 0.15) is 46.5 Å². The Kier molecular flexibility index (Phi) is 2.63. The van der Waals surface area contributed by atoms with E-state index in [1.54, 1.807) is 0 Å². The van der Waals surface area contributed by atoms with Gasteiger partial charge in [-0.2, -0.15) is 0 Å². The third kappa shape index (κ3) is 1.89. The van der Waals surface area contributed by atoms with Crippen molar-refractivity contribution in [3.8, 4) is 0 Å². The maximum absolute atomic E-state index is 2.71. The zero-order valence-electron chi connectivity index (χ0n) is 9.05. The van der Waals surface area contributed by atoms with Gasteiger partial charge in [-0.3, -0.25) is 4.90 Å². The van der Waals surface area contributed by atoms with Crippen molar-refractivity contribution < 1.29 is 0 Å². The average Bonchev–Trinajstić information content (AvgIpc) is 2.45. The number of thioether (sulfide) groups is 1. The number of fused-ring (bicyclic) bond motifs is 1. The van der Waals surface area contributed by atoms with Crippen LogP contribution in [0.5, 0.6) is 0 Å². The van der Waals surface area contributed by atoms with E-state index >= 15 is 0 Å². The third-order valence-electron chi connectivity index (χ3n) is 3.36. The third-order valence-corrected chi connectivity index (χ3v) is 4.76. The molecule has 1 saturated carbocycles. The van der Waals surface area contributed by atoms with Gasteiger partial charge in [0.25, 0.3) is 0 Å². The molecule has 13 heavy (non-hydrogen) atoms. The summed E-state index contributed by atoms with van der Waals surface area (Å²) in [4.78, 5) is 2.71. The lowest BCUT2D eigenvalue weighted by Crippen LogP contribution is -2.47. The Morgan fingerprint density at radius 3 is 2.54 bits per heavy atom. The molecule has 0 spiro atoms. The second-order valence-electron chi connectivity index (χ2n) is 5.33. The van der Waals surface area contributed by atoms with Crippen LogP contribution in [0.2, 0.25) is 0 Å². The molecule has 0 N–H and O–H groups in total. The summed E-state index contributed by atoms with van der Waals surface area (Å²) in [5.74, 6) is 1.26. The summed E-state index contributed by atoms with van der Waals surface area (Å²) in [6.45, 7) is 7.06. The minimum Gasteiger partial charge on any atom is -0.285 e. The van der Waals surface area contributed by atoms with Crippen molar-refractivity contribution in [1.82, 2.24) is 4.90 Å². The van der Waals surface area contributed by atoms with Gasteiger partial charge < -0.3 is 0 Å². The minimum absolute atomic E-state index is 0.379. The summed E-state index contributed by atoms with van der Waals surface area (Å²) in [5.41, 5.74) is 0.379. The maximum Gasteiger partial charge on any atom is 0.0456 e. The zero-order chi connectivity index (χ0) is 9.47. The smallest absolute Gasteiger partial charge is 0.0456 e. The van der Waals surface area contributed by atoms with Gasteiger partial charge in [-0.25, -0.2) is 0 Å². The van der Waals surface area contributed by atoms with E-state index in [2.05, 4.69) is 37.4 Å². The molecule has 2 atom stereocenters. The number of hydrogen-bond acceptors (Lipinski definition) is 2. The van der Waals surface area contributed by atoms with Gasteiger partial charge in [0, 0.05) is 22.7 Å². The fraction of sp³-hybridized carbons (Fsp3) is 1.00. The Morgan fingerprint density at radius 2 is 1.85 bits per heavy atom. The van der Waals surface area contributed by atoms with Crippen molar-refractivity contribution in [2.75, 3.05) is 5.88 Å². The van der Waals surface area contributed by atoms with Gasteiger partial charge in [0.05, 0.1) is 0 Å². The van der Waals surface area contributed by atoms with Crippen LogP contribution in [0.15, 0.2) is 0 Å². The van der Waals surface area contributed by atoms with Crippen molar-refractivity contribution in [2.45, 2.75) is 63.3 Å². The maximum atomic E-state index is 2.71. The molecule has 1 aliphatic heterocycles. The SMILES string of the molecule is CC(C)(C)N1CS[C@@H]2CCCC[C@H]21. The molecule has 0 unspecified atom stereocenters. The molecule has 1 heterocycles. The lowest BCUT2D eigenvalue weighted by atomic mass is 9.91. The first-order chi connectivity index (χ1) is 6.09. The van der Waals surface area contributed by atoms with Gasteiger partial charge in [-0.15, -0.1) is 11.8 Å². The molecule has 0 aromatic rings. The molecular formula is C11H21NS. The van der Waals surface area contributed by atoms with Crippen molar-refractivity contribution in [1.29, 1.82) is 0 Å². The second-order valence-corrected chi connectivity index (χ2v) is 6.52. The Morgan fingerprint density at radius 1 is 1.15 bits per heavy atom. The molecule has 0 aromatic carbocycles. The molecule has 0 amide bonds. The Bertz CT molecular complexity index is 185. The fourth-order valence-electron chi connectivity index (χ4n) is 2.59. The molecule has 0 bridgehead atoms. The monoisotopic (exact) mass is 199 g/mol. The molecule has 1 nitrogen and oxygen atoms in total. The summed E-state index contributed by atoms with van der Waals surface area (Å²) in [6, 6.07) is 0.888. The normalized spacial score (nSPS) is 36.2. The van der Waals surface area contributed by atoms with Crippen LogP contribution in [0.4, 0.5) is 0 Å². The summed E-state index contributed by atoms with van der Waals surface area (Å²) < 4.78 is 0. The summed E-state index contributed by atoms with van der Waals surface area (Å²) in [7, 11) is 0. The van der Waals surface area contributed by atoms with Crippen LogP contribution in [0, 0.1) is 0 Å². The highest BCUT2D eigenvalue weighted by Gasteiger charge is 2.40. The Labute approximate surface area is 86.3 Å². The molecule has 2 aliphatic rings. The van der Waals surface area contributed by atoms with Crippen LogP contribution in [0.3, 0.4) is 0 Å². The van der Waals surface area contributed by atoms with Crippen molar-refractivity contribution >= 4 is 11.8 Å². The van der Waals surface area contributed by atoms with Crippen LogP contribution in [0.25, 0.3) is 0 Å². The first kappa shape index (κ1) is 9.85. The molecule has 76 valence electrons.